The number of carbonyl (C=O) groups excluding carboxylic acids is 1. The molecule has 1 aromatic rings. The predicted molar refractivity (Wildman–Crippen MR) is 84.3 cm³/mol. The van der Waals surface area contributed by atoms with Crippen LogP contribution >= 0.6 is 0 Å². The second kappa shape index (κ2) is 8.77. The number of likely N-dealkylation sites (tertiary alicyclic amines) is 1. The van der Waals surface area contributed by atoms with E-state index >= 15 is 0 Å². The highest BCUT2D eigenvalue weighted by atomic mass is 16.5. The minimum atomic E-state index is -0.0293. The van der Waals surface area contributed by atoms with E-state index in [0.717, 1.165) is 12.2 Å². The molecule has 0 aliphatic carbocycles. The highest BCUT2D eigenvalue weighted by Gasteiger charge is 2.11. The predicted octanol–water partition coefficient (Wildman–Crippen LogP) is 1.46. The van der Waals surface area contributed by atoms with E-state index in [2.05, 4.69) is 27.7 Å². The molecule has 2 rings (SSSR count). The number of benzene rings is 1. The maximum Gasteiger partial charge on any atom is 0.238 e. The Labute approximate surface area is 126 Å². The van der Waals surface area contributed by atoms with Crippen molar-refractivity contribution in [2.45, 2.75) is 19.4 Å². The van der Waals surface area contributed by atoms with E-state index in [4.69, 9.17) is 4.74 Å². The van der Waals surface area contributed by atoms with Gasteiger partial charge in [-0.2, -0.15) is 0 Å². The maximum atomic E-state index is 11.7. The fraction of sp³-hybridized carbons (Fsp3) is 0.562. The van der Waals surface area contributed by atoms with Gasteiger partial charge in [0, 0.05) is 25.9 Å². The van der Waals surface area contributed by atoms with E-state index in [1.54, 1.807) is 7.11 Å². The average molecular weight is 291 g/mol. The van der Waals surface area contributed by atoms with Gasteiger partial charge in [0.05, 0.1) is 13.2 Å². The number of anilines is 1. The molecule has 1 aliphatic heterocycles. The van der Waals surface area contributed by atoms with Crippen molar-refractivity contribution in [3.05, 3.63) is 29.8 Å². The Hall–Kier alpha value is -1.43. The number of carbonyl (C=O) groups is 1. The smallest absolute Gasteiger partial charge is 0.238 e. The molecule has 0 atom stereocenters. The number of nitrogens with zero attached hydrogens (tertiary/aromatic N) is 1. The summed E-state index contributed by atoms with van der Waals surface area (Å²) in [5, 5.41) is 5.91. The van der Waals surface area contributed by atoms with Gasteiger partial charge in [0.15, 0.2) is 0 Å². The van der Waals surface area contributed by atoms with Crippen molar-refractivity contribution >= 4 is 11.6 Å². The molecule has 21 heavy (non-hydrogen) atoms. The number of rotatable bonds is 8. The van der Waals surface area contributed by atoms with Crippen LogP contribution in [0.1, 0.15) is 18.4 Å². The average Bonchev–Trinajstić information content (AvgIpc) is 2.99. The molecule has 1 fully saturated rings. The third-order valence-electron chi connectivity index (χ3n) is 3.61. The summed E-state index contributed by atoms with van der Waals surface area (Å²) in [6.45, 7) is 5.00. The van der Waals surface area contributed by atoms with E-state index in [1.165, 1.54) is 31.5 Å². The molecule has 0 radical (unpaired) electrons. The van der Waals surface area contributed by atoms with Gasteiger partial charge in [0.2, 0.25) is 5.91 Å². The van der Waals surface area contributed by atoms with Crippen LogP contribution in [-0.4, -0.2) is 50.7 Å². The zero-order valence-corrected chi connectivity index (χ0v) is 12.7. The molecule has 1 aliphatic rings. The number of hydrogen-bond donors (Lipinski definition) is 2. The highest BCUT2D eigenvalue weighted by molar-refractivity contribution is 5.92. The summed E-state index contributed by atoms with van der Waals surface area (Å²) in [6, 6.07) is 8.12. The molecule has 5 heteroatoms. The van der Waals surface area contributed by atoms with Crippen LogP contribution in [0.15, 0.2) is 24.3 Å². The first kappa shape index (κ1) is 15.9. The quantitative estimate of drug-likeness (QED) is 0.712. The zero-order valence-electron chi connectivity index (χ0n) is 12.7. The lowest BCUT2D eigenvalue weighted by Gasteiger charge is -2.14. The number of amides is 1. The summed E-state index contributed by atoms with van der Waals surface area (Å²) in [5.74, 6) is -0.0293. The number of hydrogen-bond acceptors (Lipinski definition) is 4. The van der Waals surface area contributed by atoms with Crippen molar-refractivity contribution < 1.29 is 9.53 Å². The van der Waals surface area contributed by atoms with Gasteiger partial charge in [-0.05, 0) is 43.6 Å². The van der Waals surface area contributed by atoms with E-state index in [-0.39, 0.29) is 5.91 Å². The summed E-state index contributed by atoms with van der Waals surface area (Å²) in [5.41, 5.74) is 2.15. The van der Waals surface area contributed by atoms with Crippen LogP contribution in [0.25, 0.3) is 0 Å². The summed E-state index contributed by atoms with van der Waals surface area (Å²) in [7, 11) is 1.64. The molecule has 0 aromatic heterocycles. The van der Waals surface area contributed by atoms with Gasteiger partial charge in [-0.15, -0.1) is 0 Å². The van der Waals surface area contributed by atoms with Crippen LogP contribution in [0.4, 0.5) is 5.69 Å². The molecule has 116 valence electrons. The summed E-state index contributed by atoms with van der Waals surface area (Å²) in [6.07, 6.45) is 2.62. The van der Waals surface area contributed by atoms with Crippen LogP contribution < -0.4 is 10.6 Å². The molecule has 0 bridgehead atoms. The number of ether oxygens (including phenoxy) is 1. The van der Waals surface area contributed by atoms with Crippen molar-refractivity contribution in [1.82, 2.24) is 10.2 Å². The fourth-order valence-electron chi connectivity index (χ4n) is 2.47. The van der Waals surface area contributed by atoms with Crippen LogP contribution in [0.5, 0.6) is 0 Å². The second-order valence-corrected chi connectivity index (χ2v) is 5.40. The molecule has 5 nitrogen and oxygen atoms in total. The minimum Gasteiger partial charge on any atom is -0.383 e. The molecule has 1 amide bonds. The molecular weight excluding hydrogens is 266 g/mol. The van der Waals surface area contributed by atoms with Gasteiger partial charge >= 0.3 is 0 Å². The normalized spacial score (nSPS) is 15.3. The van der Waals surface area contributed by atoms with Crippen molar-refractivity contribution in [2.24, 2.45) is 0 Å². The number of nitrogens with one attached hydrogen (secondary N) is 2. The third-order valence-corrected chi connectivity index (χ3v) is 3.61. The summed E-state index contributed by atoms with van der Waals surface area (Å²) >= 11 is 0. The van der Waals surface area contributed by atoms with Gasteiger partial charge in [-0.25, -0.2) is 0 Å². The van der Waals surface area contributed by atoms with Gasteiger partial charge in [0.25, 0.3) is 0 Å². The standard InChI is InChI=1S/C16H25N3O2/c1-21-11-8-17-12-16(20)18-15-6-4-14(5-7-15)13-19-9-2-3-10-19/h4-7,17H,2-3,8-13H2,1H3,(H,18,20). The van der Waals surface area contributed by atoms with E-state index in [0.29, 0.717) is 19.7 Å². The molecule has 1 aromatic carbocycles. The van der Waals surface area contributed by atoms with E-state index in [1.807, 2.05) is 12.1 Å². The zero-order chi connectivity index (χ0) is 14.9. The van der Waals surface area contributed by atoms with Gasteiger partial charge in [0.1, 0.15) is 0 Å². The molecule has 0 spiro atoms. The largest absolute Gasteiger partial charge is 0.383 e. The molecule has 1 heterocycles. The minimum absolute atomic E-state index is 0.0293. The Morgan fingerprint density at radius 3 is 2.62 bits per heavy atom. The first-order chi connectivity index (χ1) is 10.3. The van der Waals surface area contributed by atoms with Gasteiger partial charge in [-0.1, -0.05) is 12.1 Å². The van der Waals surface area contributed by atoms with Gasteiger partial charge in [-0.3, -0.25) is 9.69 Å². The first-order valence-corrected chi connectivity index (χ1v) is 7.59. The summed E-state index contributed by atoms with van der Waals surface area (Å²) in [4.78, 5) is 14.2. The molecule has 2 N–H and O–H groups in total. The van der Waals surface area contributed by atoms with Crippen LogP contribution in [0.2, 0.25) is 0 Å². The first-order valence-electron chi connectivity index (χ1n) is 7.59. The van der Waals surface area contributed by atoms with Crippen LogP contribution in [0.3, 0.4) is 0 Å². The van der Waals surface area contributed by atoms with Crippen molar-refractivity contribution in [1.29, 1.82) is 0 Å². The molecule has 0 unspecified atom stereocenters. The Balaban J connectivity index is 1.72. The molecule has 1 saturated heterocycles. The second-order valence-electron chi connectivity index (χ2n) is 5.40. The summed E-state index contributed by atoms with van der Waals surface area (Å²) < 4.78 is 4.91. The SMILES string of the molecule is COCCNCC(=O)Nc1ccc(CN2CCCC2)cc1. The van der Waals surface area contributed by atoms with Crippen molar-refractivity contribution in [2.75, 3.05) is 45.2 Å². The van der Waals surface area contributed by atoms with Crippen LogP contribution in [-0.2, 0) is 16.1 Å². The van der Waals surface area contributed by atoms with Gasteiger partial charge < -0.3 is 15.4 Å². The topological polar surface area (TPSA) is 53.6 Å². The lowest BCUT2D eigenvalue weighted by atomic mass is 10.2. The highest BCUT2D eigenvalue weighted by Crippen LogP contribution is 2.15. The molecular formula is C16H25N3O2. The Morgan fingerprint density at radius 2 is 1.95 bits per heavy atom. The third kappa shape index (κ3) is 5.83. The van der Waals surface area contributed by atoms with Crippen molar-refractivity contribution in [3.8, 4) is 0 Å². The van der Waals surface area contributed by atoms with E-state index < -0.39 is 0 Å². The molecule has 0 saturated carbocycles. The number of methoxy groups -OCH3 is 1. The van der Waals surface area contributed by atoms with Crippen LogP contribution in [0, 0.1) is 0 Å². The Bertz CT molecular complexity index is 428. The van der Waals surface area contributed by atoms with E-state index in [9.17, 15) is 4.79 Å². The Kier molecular flexibility index (Phi) is 6.66. The lowest BCUT2D eigenvalue weighted by molar-refractivity contribution is -0.115. The Morgan fingerprint density at radius 1 is 1.24 bits per heavy atom. The van der Waals surface area contributed by atoms with Crippen molar-refractivity contribution in [3.63, 3.8) is 0 Å². The fourth-order valence-corrected chi connectivity index (χ4v) is 2.47. The lowest BCUT2D eigenvalue weighted by Crippen LogP contribution is -2.30. The maximum absolute atomic E-state index is 11.7. The monoisotopic (exact) mass is 291 g/mol.